The van der Waals surface area contributed by atoms with E-state index in [0.29, 0.717) is 23.9 Å². The van der Waals surface area contributed by atoms with Crippen LogP contribution in [-0.2, 0) is 0 Å². The average molecular weight is 323 g/mol. The highest BCUT2D eigenvalue weighted by molar-refractivity contribution is 5.91. The monoisotopic (exact) mass is 323 g/mol. The summed E-state index contributed by atoms with van der Waals surface area (Å²) in [4.78, 5) is 19.0. The maximum atomic E-state index is 12.7. The normalized spacial score (nSPS) is 17.4. The van der Waals surface area contributed by atoms with Crippen molar-refractivity contribution in [3.63, 3.8) is 0 Å². The summed E-state index contributed by atoms with van der Waals surface area (Å²) in [6.45, 7) is 2.47. The number of amides is 1. The molecule has 3 heterocycles. The minimum absolute atomic E-state index is 0.118. The highest BCUT2D eigenvalue weighted by atomic mass is 16.5. The van der Waals surface area contributed by atoms with E-state index >= 15 is 0 Å². The van der Waals surface area contributed by atoms with Gasteiger partial charge in [0, 0.05) is 18.2 Å². The van der Waals surface area contributed by atoms with Crippen molar-refractivity contribution in [2.24, 2.45) is 0 Å². The van der Waals surface area contributed by atoms with Gasteiger partial charge in [-0.2, -0.15) is 5.10 Å². The van der Waals surface area contributed by atoms with Crippen molar-refractivity contribution >= 4 is 5.91 Å². The number of hydrogen-bond donors (Lipinski definition) is 1. The van der Waals surface area contributed by atoms with E-state index < -0.39 is 0 Å². The van der Waals surface area contributed by atoms with Crippen molar-refractivity contribution in [2.75, 3.05) is 6.54 Å². The quantitative estimate of drug-likeness (QED) is 0.800. The van der Waals surface area contributed by atoms with Crippen LogP contribution in [0, 0.1) is 6.92 Å². The second-order valence-electron chi connectivity index (χ2n) is 5.90. The second-order valence-corrected chi connectivity index (χ2v) is 5.90. The first kappa shape index (κ1) is 14.6. The van der Waals surface area contributed by atoms with E-state index in [9.17, 15) is 4.79 Å². The summed E-state index contributed by atoms with van der Waals surface area (Å²) in [5, 5.41) is 11.1. The zero-order valence-electron chi connectivity index (χ0n) is 13.3. The first-order valence-corrected chi connectivity index (χ1v) is 7.94. The number of aromatic nitrogens is 4. The van der Waals surface area contributed by atoms with Crippen LogP contribution in [0.15, 0.2) is 40.9 Å². The summed E-state index contributed by atoms with van der Waals surface area (Å²) < 4.78 is 5.11. The van der Waals surface area contributed by atoms with Crippen LogP contribution in [0.2, 0.25) is 0 Å². The highest BCUT2D eigenvalue weighted by Gasteiger charge is 2.34. The molecule has 1 atom stereocenters. The van der Waals surface area contributed by atoms with Gasteiger partial charge in [-0.25, -0.2) is 4.98 Å². The Balaban J connectivity index is 1.59. The second kappa shape index (κ2) is 5.92. The number of benzene rings is 1. The van der Waals surface area contributed by atoms with E-state index in [0.717, 1.165) is 18.4 Å². The van der Waals surface area contributed by atoms with Gasteiger partial charge in [-0.1, -0.05) is 35.5 Å². The zero-order chi connectivity index (χ0) is 16.5. The fraction of sp³-hybridized carbons (Fsp3) is 0.294. The van der Waals surface area contributed by atoms with Gasteiger partial charge >= 0.3 is 0 Å². The molecule has 24 heavy (non-hydrogen) atoms. The van der Waals surface area contributed by atoms with Crippen molar-refractivity contribution in [3.05, 3.63) is 53.7 Å². The number of aromatic amines is 1. The number of nitrogens with one attached hydrogen (secondary N) is 1. The Bertz CT molecular complexity index is 855. The number of carbonyl (C=O) groups excluding carboxylic acids is 1. The lowest BCUT2D eigenvalue weighted by molar-refractivity contribution is 0.0687. The number of nitrogens with zero attached hydrogens (tertiary/aromatic N) is 4. The third-order valence-corrected chi connectivity index (χ3v) is 4.20. The van der Waals surface area contributed by atoms with Crippen LogP contribution in [0.25, 0.3) is 11.4 Å². The van der Waals surface area contributed by atoms with E-state index in [1.807, 2.05) is 30.3 Å². The molecule has 1 unspecified atom stereocenters. The largest absolute Gasteiger partial charge is 0.351 e. The van der Waals surface area contributed by atoms with Crippen molar-refractivity contribution in [1.82, 2.24) is 25.2 Å². The van der Waals surface area contributed by atoms with Crippen LogP contribution in [0.3, 0.4) is 0 Å². The Morgan fingerprint density at radius 2 is 2.17 bits per heavy atom. The molecule has 1 aliphatic rings. The minimum atomic E-state index is -0.157. The molecule has 7 heteroatoms. The average Bonchev–Trinajstić information content (AvgIpc) is 3.34. The molecule has 122 valence electrons. The summed E-state index contributed by atoms with van der Waals surface area (Å²) in [7, 11) is 0. The van der Waals surface area contributed by atoms with Crippen LogP contribution in [0.5, 0.6) is 0 Å². The lowest BCUT2D eigenvalue weighted by Crippen LogP contribution is -2.30. The Morgan fingerprint density at radius 3 is 2.92 bits per heavy atom. The smallest absolute Gasteiger partial charge is 0.293 e. The summed E-state index contributed by atoms with van der Waals surface area (Å²) in [6, 6.07) is 11.3. The Kier molecular flexibility index (Phi) is 3.60. The van der Waals surface area contributed by atoms with Crippen molar-refractivity contribution in [3.8, 4) is 11.4 Å². The third kappa shape index (κ3) is 2.58. The van der Waals surface area contributed by atoms with Gasteiger partial charge in [-0.3, -0.25) is 9.89 Å². The zero-order valence-corrected chi connectivity index (χ0v) is 13.3. The predicted molar refractivity (Wildman–Crippen MR) is 86.1 cm³/mol. The first-order chi connectivity index (χ1) is 11.7. The number of carbonyl (C=O) groups is 1. The SMILES string of the molecule is Cc1cc(C(=O)N2CCCC2c2nc(-c3ccccc3)n[nH]2)on1. The molecule has 0 bridgehead atoms. The first-order valence-electron chi connectivity index (χ1n) is 7.94. The van der Waals surface area contributed by atoms with Crippen molar-refractivity contribution in [1.29, 1.82) is 0 Å². The van der Waals surface area contributed by atoms with Crippen LogP contribution in [0.4, 0.5) is 0 Å². The molecule has 3 aromatic rings. The van der Waals surface area contributed by atoms with Crippen LogP contribution >= 0.6 is 0 Å². The lowest BCUT2D eigenvalue weighted by atomic mass is 10.2. The molecular formula is C17H17N5O2. The molecule has 0 aliphatic carbocycles. The molecule has 1 saturated heterocycles. The van der Waals surface area contributed by atoms with Crippen LogP contribution < -0.4 is 0 Å². The lowest BCUT2D eigenvalue weighted by Gasteiger charge is -2.21. The number of hydrogen-bond acceptors (Lipinski definition) is 5. The summed E-state index contributed by atoms with van der Waals surface area (Å²) in [5.74, 6) is 1.45. The molecule has 7 nitrogen and oxygen atoms in total. The van der Waals surface area contributed by atoms with Crippen molar-refractivity contribution in [2.45, 2.75) is 25.8 Å². The van der Waals surface area contributed by atoms with Crippen molar-refractivity contribution < 1.29 is 9.32 Å². The molecule has 0 saturated carbocycles. The third-order valence-electron chi connectivity index (χ3n) is 4.20. The van der Waals surface area contributed by atoms with Gasteiger partial charge in [-0.05, 0) is 19.8 Å². The number of likely N-dealkylation sites (tertiary alicyclic amines) is 1. The van der Waals surface area contributed by atoms with E-state index in [-0.39, 0.29) is 17.7 Å². The standard InChI is InChI=1S/C17H17N5O2/c1-11-10-14(24-21-11)17(23)22-9-5-8-13(22)16-18-15(19-20-16)12-6-3-2-4-7-12/h2-4,6-7,10,13H,5,8-9H2,1H3,(H,18,19,20). The summed E-state index contributed by atoms with van der Waals surface area (Å²) in [6.07, 6.45) is 1.77. The molecule has 2 aromatic heterocycles. The maximum absolute atomic E-state index is 12.7. The number of aryl methyl sites for hydroxylation is 1. The van der Waals surface area contributed by atoms with Gasteiger partial charge in [0.25, 0.3) is 5.91 Å². The Labute approximate surface area is 138 Å². The Hall–Kier alpha value is -2.96. The van der Waals surface area contributed by atoms with Gasteiger partial charge in [-0.15, -0.1) is 0 Å². The molecule has 1 aromatic carbocycles. The predicted octanol–water partition coefficient (Wildman–Crippen LogP) is 2.75. The number of rotatable bonds is 3. The number of H-pyrrole nitrogens is 1. The molecule has 1 amide bonds. The van der Waals surface area contributed by atoms with Gasteiger partial charge < -0.3 is 9.42 Å². The fourth-order valence-corrected chi connectivity index (χ4v) is 3.04. The molecule has 1 fully saturated rings. The highest BCUT2D eigenvalue weighted by Crippen LogP contribution is 2.32. The topological polar surface area (TPSA) is 87.9 Å². The molecule has 1 aliphatic heterocycles. The van der Waals surface area contributed by atoms with Crippen LogP contribution in [0.1, 0.15) is 41.0 Å². The van der Waals surface area contributed by atoms with E-state index in [4.69, 9.17) is 4.52 Å². The molecule has 1 N–H and O–H groups in total. The summed E-state index contributed by atoms with van der Waals surface area (Å²) in [5.41, 5.74) is 1.64. The van der Waals surface area contributed by atoms with E-state index in [1.54, 1.807) is 17.9 Å². The minimum Gasteiger partial charge on any atom is -0.351 e. The van der Waals surface area contributed by atoms with Gasteiger partial charge in [0.1, 0.15) is 5.82 Å². The van der Waals surface area contributed by atoms with Gasteiger partial charge in [0.15, 0.2) is 5.82 Å². The van der Waals surface area contributed by atoms with E-state index in [2.05, 4.69) is 20.3 Å². The van der Waals surface area contributed by atoms with Gasteiger partial charge in [0.05, 0.1) is 11.7 Å². The molecule has 0 spiro atoms. The van der Waals surface area contributed by atoms with E-state index in [1.165, 1.54) is 0 Å². The Morgan fingerprint density at radius 1 is 1.33 bits per heavy atom. The molecular weight excluding hydrogens is 306 g/mol. The molecule has 0 radical (unpaired) electrons. The van der Waals surface area contributed by atoms with Crippen LogP contribution in [-0.4, -0.2) is 37.7 Å². The summed E-state index contributed by atoms with van der Waals surface area (Å²) >= 11 is 0. The fourth-order valence-electron chi connectivity index (χ4n) is 3.04. The molecule has 4 rings (SSSR count). The van der Waals surface area contributed by atoms with Gasteiger partial charge in [0.2, 0.25) is 5.76 Å². The maximum Gasteiger partial charge on any atom is 0.293 e.